The molecular weight excluding hydrogens is 346 g/mol. The number of carbonyl (C=O) groups excluding carboxylic acids is 1. The Labute approximate surface area is 144 Å². The minimum absolute atomic E-state index is 0.00624. The highest BCUT2D eigenvalue weighted by Crippen LogP contribution is 2.20. The molecule has 2 aromatic rings. The van der Waals surface area contributed by atoms with E-state index < -0.39 is 21.9 Å². The highest BCUT2D eigenvalue weighted by atomic mass is 32.2. The molecule has 8 nitrogen and oxygen atoms in total. The van der Waals surface area contributed by atoms with Crippen LogP contribution in [-0.2, 0) is 14.8 Å². The Morgan fingerprint density at radius 2 is 1.80 bits per heavy atom. The minimum Gasteiger partial charge on any atom is -0.478 e. The van der Waals surface area contributed by atoms with Crippen molar-refractivity contribution in [1.29, 1.82) is 0 Å². The molecule has 0 saturated heterocycles. The predicted molar refractivity (Wildman–Crippen MR) is 92.1 cm³/mol. The van der Waals surface area contributed by atoms with E-state index in [0.29, 0.717) is 5.56 Å². The van der Waals surface area contributed by atoms with Crippen molar-refractivity contribution in [1.82, 2.24) is 4.83 Å². The summed E-state index contributed by atoms with van der Waals surface area (Å²) in [5.41, 5.74) is 0.356. The zero-order valence-electron chi connectivity index (χ0n) is 13.1. The van der Waals surface area contributed by atoms with Gasteiger partial charge in [0.1, 0.15) is 0 Å². The smallest absolute Gasteiger partial charge is 0.337 e. The van der Waals surface area contributed by atoms with Gasteiger partial charge in [-0.05, 0) is 23.8 Å². The van der Waals surface area contributed by atoms with Crippen molar-refractivity contribution < 1.29 is 23.1 Å². The molecule has 0 aliphatic rings. The molecule has 9 heteroatoms. The number of hydrogen-bond acceptors (Lipinski definition) is 5. The lowest BCUT2D eigenvalue weighted by Gasteiger charge is -2.09. The summed E-state index contributed by atoms with van der Waals surface area (Å²) in [5, 5.41) is 15.2. The normalized spacial score (nSPS) is 11.2. The van der Waals surface area contributed by atoms with Crippen molar-refractivity contribution in [2.45, 2.75) is 11.8 Å². The summed E-state index contributed by atoms with van der Waals surface area (Å²) >= 11 is 0. The number of carboxylic acid groups (broad SMARTS) is 1. The van der Waals surface area contributed by atoms with Gasteiger partial charge in [0, 0.05) is 6.92 Å². The topological polar surface area (TPSA) is 125 Å². The second kappa shape index (κ2) is 7.58. The third-order valence-electron chi connectivity index (χ3n) is 3.03. The molecule has 0 aliphatic heterocycles. The van der Waals surface area contributed by atoms with Crippen molar-refractivity contribution in [2.24, 2.45) is 5.10 Å². The van der Waals surface area contributed by atoms with E-state index in [-0.39, 0.29) is 16.1 Å². The lowest BCUT2D eigenvalue weighted by atomic mass is 10.2. The van der Waals surface area contributed by atoms with E-state index in [9.17, 15) is 23.1 Å². The maximum absolute atomic E-state index is 12.2. The van der Waals surface area contributed by atoms with Crippen molar-refractivity contribution in [3.05, 3.63) is 59.7 Å². The first kappa shape index (κ1) is 18.1. The first-order valence-corrected chi connectivity index (χ1v) is 8.53. The zero-order chi connectivity index (χ0) is 18.4. The largest absolute Gasteiger partial charge is 0.478 e. The lowest BCUT2D eigenvalue weighted by Crippen LogP contribution is -2.19. The molecule has 25 heavy (non-hydrogen) atoms. The van der Waals surface area contributed by atoms with Crippen LogP contribution in [0.5, 0.6) is 0 Å². The Hall–Kier alpha value is -3.20. The molecule has 0 heterocycles. The number of sulfonamides is 1. The van der Waals surface area contributed by atoms with Gasteiger partial charge in [0.2, 0.25) is 5.91 Å². The fraction of sp³-hybridized carbons (Fsp3) is 0.0625. The predicted octanol–water partition coefficient (Wildman–Crippen LogP) is 1.66. The molecule has 3 N–H and O–H groups in total. The van der Waals surface area contributed by atoms with E-state index in [1.54, 1.807) is 24.3 Å². The number of carboxylic acids is 1. The van der Waals surface area contributed by atoms with Crippen molar-refractivity contribution in [3.63, 3.8) is 0 Å². The molecule has 0 spiro atoms. The molecular formula is C16H15N3O5S. The number of nitrogens with zero attached hydrogens (tertiary/aromatic N) is 1. The van der Waals surface area contributed by atoms with Crippen LogP contribution >= 0.6 is 0 Å². The van der Waals surface area contributed by atoms with Gasteiger partial charge in [-0.2, -0.15) is 13.5 Å². The Bertz CT molecular complexity index is 924. The molecule has 0 fully saturated rings. The number of nitrogens with one attached hydrogen (secondary N) is 2. The summed E-state index contributed by atoms with van der Waals surface area (Å²) in [6, 6.07) is 12.2. The molecule has 2 rings (SSSR count). The molecule has 130 valence electrons. The number of anilines is 1. The monoisotopic (exact) mass is 361 g/mol. The van der Waals surface area contributed by atoms with Crippen LogP contribution < -0.4 is 10.1 Å². The first-order chi connectivity index (χ1) is 11.8. The van der Waals surface area contributed by atoms with Crippen molar-refractivity contribution in [3.8, 4) is 0 Å². The number of rotatable bonds is 6. The molecule has 0 saturated carbocycles. The third-order valence-corrected chi connectivity index (χ3v) is 4.25. The summed E-state index contributed by atoms with van der Waals surface area (Å²) in [5.74, 6) is -1.84. The number of hydrogen-bond donors (Lipinski definition) is 3. The van der Waals surface area contributed by atoms with Gasteiger partial charge >= 0.3 is 5.97 Å². The van der Waals surface area contributed by atoms with Crippen LogP contribution in [0.15, 0.2) is 58.5 Å². The standard InChI is InChI=1S/C16H15N3O5S/c1-11(20)18-15-8-7-13(9-14(15)16(21)22)25(23,24)19-17-10-12-5-3-2-4-6-12/h2-10,19H,1H3,(H,18,20)(H,21,22)/b17-10-. The van der Waals surface area contributed by atoms with Crippen LogP contribution in [0.1, 0.15) is 22.8 Å². The van der Waals surface area contributed by atoms with Gasteiger partial charge in [-0.15, -0.1) is 0 Å². The van der Waals surface area contributed by atoms with Gasteiger partial charge in [-0.25, -0.2) is 9.63 Å². The van der Waals surface area contributed by atoms with Gasteiger partial charge in [-0.1, -0.05) is 30.3 Å². The van der Waals surface area contributed by atoms with Crippen molar-refractivity contribution >= 4 is 33.8 Å². The van der Waals surface area contributed by atoms with Crippen LogP contribution in [0, 0.1) is 0 Å². The van der Waals surface area contributed by atoms with Gasteiger partial charge < -0.3 is 10.4 Å². The molecule has 0 aromatic heterocycles. The molecule has 0 bridgehead atoms. The lowest BCUT2D eigenvalue weighted by molar-refractivity contribution is -0.114. The zero-order valence-corrected chi connectivity index (χ0v) is 13.9. The summed E-state index contributed by atoms with van der Waals surface area (Å²) in [6.07, 6.45) is 1.32. The summed E-state index contributed by atoms with van der Waals surface area (Å²) in [4.78, 5) is 24.1. The van der Waals surface area contributed by atoms with E-state index in [2.05, 4.69) is 10.4 Å². The van der Waals surface area contributed by atoms with Gasteiger partial charge in [-0.3, -0.25) is 4.79 Å². The van der Waals surface area contributed by atoms with Crippen LogP contribution in [0.3, 0.4) is 0 Å². The Morgan fingerprint density at radius 3 is 2.40 bits per heavy atom. The van der Waals surface area contributed by atoms with E-state index >= 15 is 0 Å². The van der Waals surface area contributed by atoms with Gasteiger partial charge in [0.15, 0.2) is 0 Å². The molecule has 1 amide bonds. The number of amides is 1. The Morgan fingerprint density at radius 1 is 1.12 bits per heavy atom. The Balaban J connectivity index is 2.26. The summed E-state index contributed by atoms with van der Waals surface area (Å²) in [7, 11) is -4.06. The number of carbonyl (C=O) groups is 2. The number of benzene rings is 2. The van der Waals surface area contributed by atoms with Gasteiger partial charge in [0.25, 0.3) is 10.0 Å². The average Bonchev–Trinajstić information content (AvgIpc) is 2.55. The summed E-state index contributed by atoms with van der Waals surface area (Å²) < 4.78 is 24.5. The Kier molecular flexibility index (Phi) is 5.50. The molecule has 0 atom stereocenters. The second-order valence-electron chi connectivity index (χ2n) is 4.96. The van der Waals surface area contributed by atoms with Crippen LogP contribution in [-0.4, -0.2) is 31.6 Å². The van der Waals surface area contributed by atoms with E-state index in [1.807, 2.05) is 10.9 Å². The van der Waals surface area contributed by atoms with Crippen LogP contribution in [0.25, 0.3) is 0 Å². The SMILES string of the molecule is CC(=O)Nc1ccc(S(=O)(=O)N/N=C\c2ccccc2)cc1C(=O)O. The van der Waals surface area contributed by atoms with Crippen molar-refractivity contribution in [2.75, 3.05) is 5.32 Å². The second-order valence-corrected chi connectivity index (χ2v) is 6.62. The number of aromatic carboxylic acids is 1. The fourth-order valence-electron chi connectivity index (χ4n) is 1.93. The van der Waals surface area contributed by atoms with Crippen LogP contribution in [0.2, 0.25) is 0 Å². The highest BCUT2D eigenvalue weighted by Gasteiger charge is 2.19. The third kappa shape index (κ3) is 4.88. The average molecular weight is 361 g/mol. The maximum Gasteiger partial charge on any atom is 0.337 e. The maximum atomic E-state index is 12.2. The quantitative estimate of drug-likeness (QED) is 0.533. The van der Waals surface area contributed by atoms with E-state index in [4.69, 9.17) is 0 Å². The fourth-order valence-corrected chi connectivity index (χ4v) is 2.75. The molecule has 0 radical (unpaired) electrons. The molecule has 0 aliphatic carbocycles. The highest BCUT2D eigenvalue weighted by molar-refractivity contribution is 7.89. The first-order valence-electron chi connectivity index (χ1n) is 7.04. The molecule has 0 unspecified atom stereocenters. The summed E-state index contributed by atoms with van der Waals surface area (Å²) in [6.45, 7) is 1.22. The number of hydrazone groups is 1. The molecule has 2 aromatic carbocycles. The van der Waals surface area contributed by atoms with E-state index in [0.717, 1.165) is 6.07 Å². The van der Waals surface area contributed by atoms with Gasteiger partial charge in [0.05, 0.1) is 22.4 Å². The van der Waals surface area contributed by atoms with E-state index in [1.165, 1.54) is 25.3 Å². The minimum atomic E-state index is -4.06. The van der Waals surface area contributed by atoms with Crippen LogP contribution in [0.4, 0.5) is 5.69 Å².